The fraction of sp³-hybridized carbons (Fsp3) is 0.364. The zero-order valence-electron chi connectivity index (χ0n) is 7.90. The van der Waals surface area contributed by atoms with Crippen LogP contribution in [0.2, 0.25) is 0 Å². The zero-order chi connectivity index (χ0) is 9.84. The standard InChI is InChI=1S/C11H13F2/c1-3-9-5-4-6-10(11(9)13)8(2)7-12/h4-6H,3,7H2,1-2H3. The van der Waals surface area contributed by atoms with E-state index in [-0.39, 0.29) is 5.82 Å². The molecule has 0 bridgehead atoms. The Bertz CT molecular complexity index is 281. The molecule has 1 aromatic rings. The lowest BCUT2D eigenvalue weighted by Gasteiger charge is -2.10. The molecule has 0 spiro atoms. The summed E-state index contributed by atoms with van der Waals surface area (Å²) in [6.45, 7) is 2.90. The van der Waals surface area contributed by atoms with Crippen LogP contribution in [0.1, 0.15) is 25.0 Å². The molecule has 0 nitrogen and oxygen atoms in total. The van der Waals surface area contributed by atoms with Crippen LogP contribution in [0.4, 0.5) is 8.78 Å². The first-order valence-corrected chi connectivity index (χ1v) is 4.36. The first-order chi connectivity index (χ1) is 6.20. The van der Waals surface area contributed by atoms with Crippen molar-refractivity contribution in [3.63, 3.8) is 0 Å². The van der Waals surface area contributed by atoms with Crippen LogP contribution in [0.5, 0.6) is 0 Å². The van der Waals surface area contributed by atoms with E-state index < -0.39 is 6.67 Å². The zero-order valence-corrected chi connectivity index (χ0v) is 7.90. The maximum Gasteiger partial charge on any atom is 0.130 e. The minimum absolute atomic E-state index is 0.278. The Balaban J connectivity index is 3.08. The van der Waals surface area contributed by atoms with Crippen LogP contribution in [0.3, 0.4) is 0 Å². The molecule has 71 valence electrons. The van der Waals surface area contributed by atoms with Crippen LogP contribution in [-0.4, -0.2) is 6.67 Å². The Hall–Kier alpha value is -0.920. The third-order valence-corrected chi connectivity index (χ3v) is 2.12. The van der Waals surface area contributed by atoms with Gasteiger partial charge in [-0.2, -0.15) is 0 Å². The molecule has 0 N–H and O–H groups in total. The first kappa shape index (κ1) is 10.2. The Morgan fingerprint density at radius 2 is 2.08 bits per heavy atom. The predicted molar refractivity (Wildman–Crippen MR) is 49.8 cm³/mol. The monoisotopic (exact) mass is 183 g/mol. The van der Waals surface area contributed by atoms with E-state index >= 15 is 0 Å². The second-order valence-electron chi connectivity index (χ2n) is 3.05. The minimum atomic E-state index is -0.593. The van der Waals surface area contributed by atoms with Crippen LogP contribution >= 0.6 is 0 Å². The molecule has 1 aromatic carbocycles. The third kappa shape index (κ3) is 2.06. The van der Waals surface area contributed by atoms with Gasteiger partial charge in [-0.15, -0.1) is 0 Å². The van der Waals surface area contributed by atoms with E-state index in [0.29, 0.717) is 23.5 Å². The highest BCUT2D eigenvalue weighted by atomic mass is 19.1. The van der Waals surface area contributed by atoms with Crippen molar-refractivity contribution in [3.8, 4) is 0 Å². The first-order valence-electron chi connectivity index (χ1n) is 4.36. The second kappa shape index (κ2) is 4.35. The van der Waals surface area contributed by atoms with E-state index in [1.54, 1.807) is 25.1 Å². The highest BCUT2D eigenvalue weighted by Gasteiger charge is 2.13. The van der Waals surface area contributed by atoms with Gasteiger partial charge in [-0.1, -0.05) is 32.0 Å². The SMILES string of the molecule is CCc1cccc([C](C)CF)c1F. The number of hydrogen-bond acceptors (Lipinski definition) is 0. The Morgan fingerprint density at radius 1 is 1.38 bits per heavy atom. The molecule has 0 aliphatic rings. The summed E-state index contributed by atoms with van der Waals surface area (Å²) < 4.78 is 25.8. The fourth-order valence-corrected chi connectivity index (χ4v) is 1.25. The molecular weight excluding hydrogens is 170 g/mol. The van der Waals surface area contributed by atoms with Crippen molar-refractivity contribution in [2.24, 2.45) is 0 Å². The molecule has 1 rings (SSSR count). The summed E-state index contributed by atoms with van der Waals surface area (Å²) in [6, 6.07) is 5.10. The minimum Gasteiger partial charge on any atom is -0.250 e. The van der Waals surface area contributed by atoms with Gasteiger partial charge >= 0.3 is 0 Å². The van der Waals surface area contributed by atoms with Gasteiger partial charge in [0.1, 0.15) is 5.82 Å². The fourth-order valence-electron chi connectivity index (χ4n) is 1.25. The molecule has 1 radical (unpaired) electrons. The van der Waals surface area contributed by atoms with Gasteiger partial charge in [-0.05, 0) is 17.5 Å². The van der Waals surface area contributed by atoms with Crippen LogP contribution < -0.4 is 0 Å². The van der Waals surface area contributed by atoms with E-state index in [0.717, 1.165) is 0 Å². The molecule has 0 fully saturated rings. The van der Waals surface area contributed by atoms with Crippen molar-refractivity contribution in [1.29, 1.82) is 0 Å². The summed E-state index contributed by atoms with van der Waals surface area (Å²) in [6.07, 6.45) is 0.638. The number of halogens is 2. The predicted octanol–water partition coefficient (Wildman–Crippen LogP) is 3.30. The molecule has 0 heterocycles. The van der Waals surface area contributed by atoms with Gasteiger partial charge in [0.25, 0.3) is 0 Å². The van der Waals surface area contributed by atoms with E-state index in [9.17, 15) is 8.78 Å². The lowest BCUT2D eigenvalue weighted by Crippen LogP contribution is -2.02. The quantitative estimate of drug-likeness (QED) is 0.674. The van der Waals surface area contributed by atoms with Crippen LogP contribution in [-0.2, 0) is 6.42 Å². The Labute approximate surface area is 77.6 Å². The number of alkyl halides is 1. The van der Waals surface area contributed by atoms with Crippen molar-refractivity contribution >= 4 is 0 Å². The Morgan fingerprint density at radius 3 is 2.62 bits per heavy atom. The van der Waals surface area contributed by atoms with Gasteiger partial charge in [0.2, 0.25) is 0 Å². The van der Waals surface area contributed by atoms with Gasteiger partial charge in [-0.25, -0.2) is 4.39 Å². The lowest BCUT2D eigenvalue weighted by molar-refractivity contribution is 0.506. The average Bonchev–Trinajstić information content (AvgIpc) is 2.17. The molecule has 0 amide bonds. The largest absolute Gasteiger partial charge is 0.250 e. The molecule has 0 saturated carbocycles. The molecular formula is C11H13F2. The summed E-state index contributed by atoms with van der Waals surface area (Å²) in [7, 11) is 0. The van der Waals surface area contributed by atoms with Crippen molar-refractivity contribution in [2.75, 3.05) is 6.67 Å². The summed E-state index contributed by atoms with van der Waals surface area (Å²) in [5.74, 6) is 0.174. The number of benzene rings is 1. The molecule has 0 aromatic heterocycles. The highest BCUT2D eigenvalue weighted by molar-refractivity contribution is 5.35. The van der Waals surface area contributed by atoms with Crippen molar-refractivity contribution in [2.45, 2.75) is 20.3 Å². The van der Waals surface area contributed by atoms with Crippen LogP contribution in [0, 0.1) is 11.7 Å². The summed E-state index contributed by atoms with van der Waals surface area (Å²) in [5.41, 5.74) is 1.05. The lowest BCUT2D eigenvalue weighted by atomic mass is 9.98. The van der Waals surface area contributed by atoms with Crippen molar-refractivity contribution < 1.29 is 8.78 Å². The average molecular weight is 183 g/mol. The van der Waals surface area contributed by atoms with Crippen LogP contribution in [0.15, 0.2) is 18.2 Å². The molecule has 0 aliphatic heterocycles. The van der Waals surface area contributed by atoms with Crippen molar-refractivity contribution in [3.05, 3.63) is 41.1 Å². The van der Waals surface area contributed by atoms with E-state index in [1.165, 1.54) is 0 Å². The van der Waals surface area contributed by atoms with E-state index in [4.69, 9.17) is 0 Å². The summed E-state index contributed by atoms with van der Waals surface area (Å²) in [5, 5.41) is 0. The topological polar surface area (TPSA) is 0 Å². The number of hydrogen-bond donors (Lipinski definition) is 0. The Kier molecular flexibility index (Phi) is 3.40. The molecule has 0 saturated heterocycles. The maximum atomic E-state index is 13.5. The molecule has 13 heavy (non-hydrogen) atoms. The van der Waals surface area contributed by atoms with E-state index in [2.05, 4.69) is 0 Å². The third-order valence-electron chi connectivity index (χ3n) is 2.12. The summed E-state index contributed by atoms with van der Waals surface area (Å²) >= 11 is 0. The second-order valence-corrected chi connectivity index (χ2v) is 3.05. The molecule has 0 unspecified atom stereocenters. The maximum absolute atomic E-state index is 13.5. The van der Waals surface area contributed by atoms with Gasteiger partial charge in [0.15, 0.2) is 0 Å². The smallest absolute Gasteiger partial charge is 0.130 e. The van der Waals surface area contributed by atoms with Gasteiger partial charge in [0, 0.05) is 5.92 Å². The molecule has 0 aliphatic carbocycles. The van der Waals surface area contributed by atoms with Gasteiger partial charge in [0.05, 0.1) is 6.67 Å². The van der Waals surface area contributed by atoms with E-state index in [1.807, 2.05) is 6.92 Å². The van der Waals surface area contributed by atoms with Crippen molar-refractivity contribution in [1.82, 2.24) is 0 Å². The number of aryl methyl sites for hydroxylation is 1. The number of rotatable bonds is 3. The van der Waals surface area contributed by atoms with Crippen LogP contribution in [0.25, 0.3) is 0 Å². The highest BCUT2D eigenvalue weighted by Crippen LogP contribution is 2.21. The molecule has 0 atom stereocenters. The van der Waals surface area contributed by atoms with Gasteiger partial charge < -0.3 is 0 Å². The summed E-state index contributed by atoms with van der Waals surface area (Å²) in [4.78, 5) is 0. The van der Waals surface area contributed by atoms with Gasteiger partial charge in [-0.3, -0.25) is 4.39 Å². The molecule has 2 heteroatoms. The normalized spacial score (nSPS) is 10.8.